The second kappa shape index (κ2) is 6.75. The summed E-state index contributed by atoms with van der Waals surface area (Å²) in [4.78, 5) is 33.7. The van der Waals surface area contributed by atoms with E-state index in [0.717, 1.165) is 19.4 Å². The zero-order valence-electron chi connectivity index (χ0n) is 12.4. The minimum absolute atomic E-state index is 0.0160. The van der Waals surface area contributed by atoms with E-state index in [-0.39, 0.29) is 43.4 Å². The Morgan fingerprint density at radius 1 is 1.48 bits per heavy atom. The molecule has 3 rings (SSSR count). The molecule has 1 atom stereocenters. The topological polar surface area (TPSA) is 137 Å². The molecule has 1 aliphatic heterocycles. The maximum absolute atomic E-state index is 11.7. The van der Waals surface area contributed by atoms with E-state index in [2.05, 4.69) is 20.3 Å². The highest BCUT2D eigenvalue weighted by molar-refractivity contribution is 5.76. The van der Waals surface area contributed by atoms with Crippen molar-refractivity contribution in [2.45, 2.75) is 25.6 Å². The van der Waals surface area contributed by atoms with Crippen LogP contribution in [0.1, 0.15) is 12.8 Å². The summed E-state index contributed by atoms with van der Waals surface area (Å²) in [5.74, 6) is -0.234. The third kappa shape index (κ3) is 3.48. The highest BCUT2D eigenvalue weighted by Crippen LogP contribution is 2.07. The van der Waals surface area contributed by atoms with Gasteiger partial charge >= 0.3 is 5.97 Å². The number of rotatable bonds is 6. The van der Waals surface area contributed by atoms with Crippen molar-refractivity contribution in [1.29, 1.82) is 0 Å². The Balaban J connectivity index is 1.47. The van der Waals surface area contributed by atoms with Crippen LogP contribution in [0, 0.1) is 0 Å². The summed E-state index contributed by atoms with van der Waals surface area (Å²) in [6, 6.07) is -0.202. The summed E-state index contributed by atoms with van der Waals surface area (Å²) in [5, 5.41) is 3.07. The van der Waals surface area contributed by atoms with E-state index >= 15 is 0 Å². The average molecular weight is 322 g/mol. The van der Waals surface area contributed by atoms with Crippen molar-refractivity contribution in [3.05, 3.63) is 16.7 Å². The van der Waals surface area contributed by atoms with Gasteiger partial charge in [-0.2, -0.15) is 4.98 Å². The van der Waals surface area contributed by atoms with Gasteiger partial charge in [-0.3, -0.25) is 19.1 Å². The summed E-state index contributed by atoms with van der Waals surface area (Å²) in [5.41, 5.74) is 5.65. The number of aromatic amines is 1. The monoisotopic (exact) mass is 322 g/mol. The molecule has 23 heavy (non-hydrogen) atoms. The van der Waals surface area contributed by atoms with Gasteiger partial charge in [-0.05, 0) is 19.4 Å². The molecule has 1 fully saturated rings. The maximum Gasteiger partial charge on any atom is 0.323 e. The molecular weight excluding hydrogens is 304 g/mol. The summed E-state index contributed by atoms with van der Waals surface area (Å²) in [7, 11) is 0. The van der Waals surface area contributed by atoms with Gasteiger partial charge in [-0.25, -0.2) is 4.98 Å². The first-order valence-corrected chi connectivity index (χ1v) is 7.33. The van der Waals surface area contributed by atoms with Crippen LogP contribution in [0.2, 0.25) is 0 Å². The normalized spacial score (nSPS) is 17.7. The standard InChI is InChI=1S/C13H18N6O4/c14-13-17-10-9(11(20)18-13)16-6-19(10)7-22-4-5-23-12(21)8-2-1-3-15-8/h6,8,15H,1-5,7H2,(H3,14,17,18,20)/t8-/m0/s1. The molecule has 124 valence electrons. The van der Waals surface area contributed by atoms with E-state index in [4.69, 9.17) is 15.2 Å². The summed E-state index contributed by atoms with van der Waals surface area (Å²) >= 11 is 0. The second-order valence-corrected chi connectivity index (χ2v) is 5.19. The molecule has 0 unspecified atom stereocenters. The van der Waals surface area contributed by atoms with Gasteiger partial charge in [0.25, 0.3) is 5.56 Å². The molecule has 4 N–H and O–H groups in total. The highest BCUT2D eigenvalue weighted by atomic mass is 16.6. The lowest BCUT2D eigenvalue weighted by Crippen LogP contribution is -2.33. The third-order valence-corrected chi connectivity index (χ3v) is 3.54. The first-order valence-electron chi connectivity index (χ1n) is 7.33. The van der Waals surface area contributed by atoms with Crippen molar-refractivity contribution in [2.75, 3.05) is 25.5 Å². The van der Waals surface area contributed by atoms with E-state index in [1.807, 2.05) is 0 Å². The smallest absolute Gasteiger partial charge is 0.323 e. The van der Waals surface area contributed by atoms with Gasteiger partial charge in [-0.1, -0.05) is 0 Å². The number of hydrogen-bond acceptors (Lipinski definition) is 8. The molecular formula is C13H18N6O4. The van der Waals surface area contributed by atoms with Gasteiger partial charge in [0.15, 0.2) is 11.2 Å². The van der Waals surface area contributed by atoms with Gasteiger partial charge in [0, 0.05) is 0 Å². The molecule has 0 saturated carbocycles. The summed E-state index contributed by atoms with van der Waals surface area (Å²) < 4.78 is 12.1. The molecule has 10 nitrogen and oxygen atoms in total. The fourth-order valence-electron chi connectivity index (χ4n) is 2.42. The van der Waals surface area contributed by atoms with Gasteiger partial charge in [-0.15, -0.1) is 0 Å². The number of carbonyl (C=O) groups excluding carboxylic acids is 1. The number of carbonyl (C=O) groups is 1. The number of anilines is 1. The van der Waals surface area contributed by atoms with Crippen molar-refractivity contribution in [2.24, 2.45) is 0 Å². The Labute approximate surface area is 131 Å². The molecule has 2 aromatic heterocycles. The number of imidazole rings is 1. The van der Waals surface area contributed by atoms with Crippen molar-refractivity contribution < 1.29 is 14.3 Å². The van der Waals surface area contributed by atoms with Crippen molar-refractivity contribution in [1.82, 2.24) is 24.8 Å². The Bertz CT molecular complexity index is 748. The number of nitrogen functional groups attached to an aromatic ring is 1. The number of H-pyrrole nitrogens is 1. The first kappa shape index (κ1) is 15.4. The highest BCUT2D eigenvalue weighted by Gasteiger charge is 2.23. The Kier molecular flexibility index (Phi) is 4.53. The molecule has 0 bridgehead atoms. The molecule has 0 radical (unpaired) electrons. The molecule has 0 aromatic carbocycles. The number of nitrogens with zero attached hydrogens (tertiary/aromatic N) is 3. The lowest BCUT2D eigenvalue weighted by molar-refractivity contribution is -0.147. The molecule has 1 saturated heterocycles. The zero-order chi connectivity index (χ0) is 16.2. The van der Waals surface area contributed by atoms with Crippen LogP contribution in [0.15, 0.2) is 11.1 Å². The van der Waals surface area contributed by atoms with Crippen LogP contribution in [0.3, 0.4) is 0 Å². The predicted octanol–water partition coefficient (Wildman–Crippen LogP) is -1.03. The molecule has 0 aliphatic carbocycles. The number of nitrogens with two attached hydrogens (primary N) is 1. The first-order chi connectivity index (χ1) is 11.1. The molecule has 2 aromatic rings. The third-order valence-electron chi connectivity index (χ3n) is 3.54. The van der Waals surface area contributed by atoms with Crippen LogP contribution in [0.4, 0.5) is 5.95 Å². The van der Waals surface area contributed by atoms with Crippen LogP contribution >= 0.6 is 0 Å². The zero-order valence-corrected chi connectivity index (χ0v) is 12.4. The Morgan fingerprint density at radius 2 is 2.35 bits per heavy atom. The largest absolute Gasteiger partial charge is 0.462 e. The second-order valence-electron chi connectivity index (χ2n) is 5.19. The summed E-state index contributed by atoms with van der Waals surface area (Å²) in [6.45, 7) is 1.38. The average Bonchev–Trinajstić information content (AvgIpc) is 3.16. The predicted molar refractivity (Wildman–Crippen MR) is 80.5 cm³/mol. The molecule has 3 heterocycles. The number of ether oxygens (including phenoxy) is 2. The summed E-state index contributed by atoms with van der Waals surface area (Å²) in [6.07, 6.45) is 3.24. The molecule has 1 aliphatic rings. The SMILES string of the molecule is Nc1nc2c(ncn2COCCOC(=O)[C@@H]2CCCN2)c(=O)[nH]1. The molecule has 10 heteroatoms. The van der Waals surface area contributed by atoms with Gasteiger partial charge in [0.1, 0.15) is 19.4 Å². The van der Waals surface area contributed by atoms with Crippen molar-refractivity contribution in [3.63, 3.8) is 0 Å². The number of hydrogen-bond donors (Lipinski definition) is 3. The number of nitrogens with one attached hydrogen (secondary N) is 2. The number of fused-ring (bicyclic) bond motifs is 1. The van der Waals surface area contributed by atoms with E-state index in [9.17, 15) is 9.59 Å². The minimum Gasteiger partial charge on any atom is -0.462 e. The van der Waals surface area contributed by atoms with Crippen molar-refractivity contribution >= 4 is 23.1 Å². The fraction of sp³-hybridized carbons (Fsp3) is 0.538. The van der Waals surface area contributed by atoms with Crippen molar-refractivity contribution in [3.8, 4) is 0 Å². The van der Waals surface area contributed by atoms with Gasteiger partial charge in [0.05, 0.1) is 12.9 Å². The lowest BCUT2D eigenvalue weighted by atomic mass is 10.2. The lowest BCUT2D eigenvalue weighted by Gasteiger charge is -2.10. The van der Waals surface area contributed by atoms with E-state index in [1.165, 1.54) is 6.33 Å². The molecule has 0 spiro atoms. The Morgan fingerprint density at radius 3 is 3.13 bits per heavy atom. The quantitative estimate of drug-likeness (QED) is 0.453. The molecule has 0 amide bonds. The van der Waals surface area contributed by atoms with E-state index in [0.29, 0.717) is 5.65 Å². The van der Waals surface area contributed by atoms with Gasteiger partial charge < -0.3 is 20.5 Å². The van der Waals surface area contributed by atoms with Gasteiger partial charge in [0.2, 0.25) is 5.95 Å². The minimum atomic E-state index is -0.399. The van der Waals surface area contributed by atoms with Crippen LogP contribution in [-0.2, 0) is 21.0 Å². The van der Waals surface area contributed by atoms with Crippen LogP contribution in [0.5, 0.6) is 0 Å². The number of esters is 1. The van der Waals surface area contributed by atoms with E-state index < -0.39 is 5.56 Å². The van der Waals surface area contributed by atoms with E-state index in [1.54, 1.807) is 4.57 Å². The fourth-order valence-corrected chi connectivity index (χ4v) is 2.42. The number of aromatic nitrogens is 4. The maximum atomic E-state index is 11.7. The van der Waals surface area contributed by atoms with Crippen LogP contribution in [-0.4, -0.2) is 51.3 Å². The van der Waals surface area contributed by atoms with Crippen LogP contribution < -0.4 is 16.6 Å². The van der Waals surface area contributed by atoms with Crippen LogP contribution in [0.25, 0.3) is 11.2 Å². The Hall–Kier alpha value is -2.46.